The molecule has 0 spiro atoms. The Kier molecular flexibility index (Phi) is 8.96. The van der Waals surface area contributed by atoms with Gasteiger partial charge in [0.25, 0.3) is 5.56 Å². The second kappa shape index (κ2) is 12.4. The maximum absolute atomic E-state index is 15.7. The molecular formula is C34H37FN2O4. The van der Waals surface area contributed by atoms with Crippen LogP contribution >= 0.6 is 0 Å². The normalized spacial score (nSPS) is 12.1. The van der Waals surface area contributed by atoms with Gasteiger partial charge in [0.05, 0.1) is 12.7 Å². The summed E-state index contributed by atoms with van der Waals surface area (Å²) in [6.45, 7) is 9.06. The number of nitrogens with one attached hydrogen (secondary N) is 1. The van der Waals surface area contributed by atoms with Crippen LogP contribution < -0.4 is 15.6 Å². The van der Waals surface area contributed by atoms with Gasteiger partial charge in [-0.2, -0.15) is 0 Å². The fourth-order valence-electron chi connectivity index (χ4n) is 5.10. The molecule has 1 atom stereocenters. The minimum absolute atomic E-state index is 0.0470. The van der Waals surface area contributed by atoms with Crippen molar-refractivity contribution in [1.29, 1.82) is 0 Å². The average Bonchev–Trinajstić information content (AvgIpc) is 2.92. The Labute approximate surface area is 240 Å². The van der Waals surface area contributed by atoms with Crippen LogP contribution in [0.25, 0.3) is 11.1 Å². The molecule has 0 aliphatic carbocycles. The third-order valence-electron chi connectivity index (χ3n) is 7.00. The monoisotopic (exact) mass is 556 g/mol. The van der Waals surface area contributed by atoms with Crippen molar-refractivity contribution in [2.45, 2.75) is 59.2 Å². The zero-order chi connectivity index (χ0) is 29.7. The van der Waals surface area contributed by atoms with Gasteiger partial charge in [0.1, 0.15) is 11.8 Å². The molecule has 1 aromatic heterocycles. The molecule has 1 N–H and O–H groups in total. The smallest absolute Gasteiger partial charge is 0.409 e. The number of carbonyl (C=O) groups excluding carboxylic acids is 1. The highest BCUT2D eigenvalue weighted by atomic mass is 19.1. The third kappa shape index (κ3) is 6.85. The molecule has 0 aliphatic heterocycles. The summed E-state index contributed by atoms with van der Waals surface area (Å²) in [7, 11) is 1.39. The Balaban J connectivity index is 1.98. The maximum Gasteiger partial charge on any atom is 0.409 e. The Bertz CT molecular complexity index is 1570. The molecule has 1 heterocycles. The lowest BCUT2D eigenvalue weighted by atomic mass is 9.92. The minimum Gasteiger partial charge on any atom is -0.494 e. The summed E-state index contributed by atoms with van der Waals surface area (Å²) in [5.74, 6) is -0.568. The molecule has 7 heteroatoms. The summed E-state index contributed by atoms with van der Waals surface area (Å²) in [6.07, 6.45) is -0.623. The highest BCUT2D eigenvalue weighted by Crippen LogP contribution is 2.33. The number of methoxy groups -OCH3 is 1. The van der Waals surface area contributed by atoms with Gasteiger partial charge in [-0.15, -0.1) is 0 Å². The molecule has 1 unspecified atom stereocenters. The van der Waals surface area contributed by atoms with Gasteiger partial charge in [0, 0.05) is 17.7 Å². The lowest BCUT2D eigenvalue weighted by molar-refractivity contribution is 0.0479. The van der Waals surface area contributed by atoms with E-state index in [-0.39, 0.29) is 16.9 Å². The van der Waals surface area contributed by atoms with Crippen LogP contribution in [0.2, 0.25) is 0 Å². The quantitative estimate of drug-likeness (QED) is 0.251. The molecule has 4 rings (SSSR count). The number of ether oxygens (including phenoxy) is 2. The maximum atomic E-state index is 15.7. The van der Waals surface area contributed by atoms with E-state index in [1.54, 1.807) is 37.5 Å². The van der Waals surface area contributed by atoms with E-state index in [2.05, 4.69) is 5.32 Å². The Morgan fingerprint density at radius 1 is 0.927 bits per heavy atom. The summed E-state index contributed by atoms with van der Waals surface area (Å²) in [5, 5.41) is 2.93. The number of amides is 1. The zero-order valence-corrected chi connectivity index (χ0v) is 24.5. The van der Waals surface area contributed by atoms with Gasteiger partial charge in [-0.3, -0.25) is 9.36 Å². The van der Waals surface area contributed by atoms with Crippen LogP contribution in [0.15, 0.2) is 83.7 Å². The predicted molar refractivity (Wildman–Crippen MR) is 160 cm³/mol. The standard InChI is InChI=1S/C34H37FN2O4/c1-22-27(20-24-14-9-7-10-15-24)23(2)37(32(38)30(22)26-18-13-19-28(40-6)31(26)35)29(21-25-16-11-8-12-17-25)36-33(39)41-34(3,4)5/h7-19,29H,20-21H2,1-6H3,(H,36,39). The van der Waals surface area contributed by atoms with E-state index in [4.69, 9.17) is 9.47 Å². The van der Waals surface area contributed by atoms with E-state index >= 15 is 4.39 Å². The molecular weight excluding hydrogens is 519 g/mol. The number of nitrogens with zero attached hydrogens (tertiary/aromatic N) is 1. The number of hydrogen-bond acceptors (Lipinski definition) is 4. The number of carbonyl (C=O) groups is 1. The Morgan fingerprint density at radius 3 is 2.12 bits per heavy atom. The summed E-state index contributed by atoms with van der Waals surface area (Å²) >= 11 is 0. The SMILES string of the molecule is COc1cccc(-c2c(C)c(Cc3ccccc3)c(C)n(C(Cc3ccccc3)NC(=O)OC(C)(C)C)c2=O)c1F. The first kappa shape index (κ1) is 29.6. The van der Waals surface area contributed by atoms with Crippen molar-refractivity contribution < 1.29 is 18.7 Å². The second-order valence-corrected chi connectivity index (χ2v) is 11.1. The summed E-state index contributed by atoms with van der Waals surface area (Å²) in [6, 6.07) is 24.3. The van der Waals surface area contributed by atoms with Crippen molar-refractivity contribution in [1.82, 2.24) is 9.88 Å². The van der Waals surface area contributed by atoms with E-state index in [0.29, 0.717) is 24.1 Å². The van der Waals surface area contributed by atoms with Crippen LogP contribution in [0.5, 0.6) is 5.75 Å². The molecule has 214 valence electrons. The zero-order valence-electron chi connectivity index (χ0n) is 24.5. The molecule has 0 bridgehead atoms. The lowest BCUT2D eigenvalue weighted by Crippen LogP contribution is -2.43. The van der Waals surface area contributed by atoms with E-state index in [0.717, 1.165) is 16.7 Å². The highest BCUT2D eigenvalue weighted by molar-refractivity contribution is 5.71. The minimum atomic E-state index is -0.803. The summed E-state index contributed by atoms with van der Waals surface area (Å²) in [5.41, 5.74) is 3.41. The van der Waals surface area contributed by atoms with E-state index in [1.165, 1.54) is 13.2 Å². The van der Waals surface area contributed by atoms with E-state index in [9.17, 15) is 9.59 Å². The second-order valence-electron chi connectivity index (χ2n) is 11.1. The first-order chi connectivity index (χ1) is 19.5. The van der Waals surface area contributed by atoms with Crippen molar-refractivity contribution >= 4 is 6.09 Å². The van der Waals surface area contributed by atoms with Crippen molar-refractivity contribution in [3.63, 3.8) is 0 Å². The first-order valence-electron chi connectivity index (χ1n) is 13.6. The Hall–Kier alpha value is -4.39. The fraction of sp³-hybridized carbons (Fsp3) is 0.294. The van der Waals surface area contributed by atoms with Gasteiger partial charge in [-0.05, 0) is 69.4 Å². The molecule has 0 saturated carbocycles. The summed E-state index contributed by atoms with van der Waals surface area (Å²) < 4.78 is 28.1. The largest absolute Gasteiger partial charge is 0.494 e. The predicted octanol–water partition coefficient (Wildman–Crippen LogP) is 7.14. The van der Waals surface area contributed by atoms with Crippen molar-refractivity contribution in [2.24, 2.45) is 0 Å². The highest BCUT2D eigenvalue weighted by Gasteiger charge is 2.28. The van der Waals surface area contributed by atoms with Gasteiger partial charge in [-0.25, -0.2) is 9.18 Å². The van der Waals surface area contributed by atoms with Crippen LogP contribution in [-0.2, 0) is 17.6 Å². The molecule has 1 amide bonds. The fourth-order valence-corrected chi connectivity index (χ4v) is 5.10. The van der Waals surface area contributed by atoms with Gasteiger partial charge < -0.3 is 14.8 Å². The van der Waals surface area contributed by atoms with Crippen LogP contribution in [0.4, 0.5) is 9.18 Å². The summed E-state index contributed by atoms with van der Waals surface area (Å²) in [4.78, 5) is 27.5. The number of benzene rings is 3. The van der Waals surface area contributed by atoms with Crippen LogP contribution in [0.1, 0.15) is 54.9 Å². The number of halogens is 1. The molecule has 0 aliphatic rings. The van der Waals surface area contributed by atoms with Gasteiger partial charge in [0.15, 0.2) is 11.6 Å². The number of hydrogen-bond donors (Lipinski definition) is 1. The molecule has 41 heavy (non-hydrogen) atoms. The van der Waals surface area contributed by atoms with Gasteiger partial charge in [0.2, 0.25) is 0 Å². The third-order valence-corrected chi connectivity index (χ3v) is 7.00. The first-order valence-corrected chi connectivity index (χ1v) is 13.6. The molecule has 0 fully saturated rings. The molecule has 6 nitrogen and oxygen atoms in total. The average molecular weight is 557 g/mol. The molecule has 0 saturated heterocycles. The van der Waals surface area contributed by atoms with E-state index in [1.807, 2.05) is 74.5 Å². The number of alkyl carbamates (subject to hydrolysis) is 1. The molecule has 0 radical (unpaired) electrons. The van der Waals surface area contributed by atoms with Gasteiger partial charge >= 0.3 is 6.09 Å². The molecule has 3 aromatic carbocycles. The van der Waals surface area contributed by atoms with E-state index < -0.39 is 29.2 Å². The number of pyridine rings is 1. The van der Waals surface area contributed by atoms with Crippen molar-refractivity contribution in [3.05, 3.63) is 123 Å². The Morgan fingerprint density at radius 2 is 1.54 bits per heavy atom. The number of rotatable bonds is 8. The molecule has 4 aromatic rings. The topological polar surface area (TPSA) is 69.6 Å². The van der Waals surface area contributed by atoms with Crippen LogP contribution in [-0.4, -0.2) is 23.4 Å². The van der Waals surface area contributed by atoms with Crippen molar-refractivity contribution in [3.8, 4) is 16.9 Å². The van der Waals surface area contributed by atoms with Gasteiger partial charge in [-0.1, -0.05) is 72.8 Å². The van der Waals surface area contributed by atoms with Crippen LogP contribution in [0, 0.1) is 19.7 Å². The van der Waals surface area contributed by atoms with Crippen LogP contribution in [0.3, 0.4) is 0 Å². The lowest BCUT2D eigenvalue weighted by Gasteiger charge is -2.29. The van der Waals surface area contributed by atoms with Crippen molar-refractivity contribution in [2.75, 3.05) is 7.11 Å². The number of aromatic nitrogens is 1.